The lowest BCUT2D eigenvalue weighted by atomic mass is 10.1. The van der Waals surface area contributed by atoms with Crippen LogP contribution in [0.5, 0.6) is 5.88 Å². The maximum Gasteiger partial charge on any atom is 0.258 e. The van der Waals surface area contributed by atoms with Gasteiger partial charge in [-0.3, -0.25) is 9.69 Å². The fourth-order valence-corrected chi connectivity index (χ4v) is 4.01. The number of hydrazine groups is 1. The van der Waals surface area contributed by atoms with Crippen LogP contribution in [0.3, 0.4) is 0 Å². The monoisotopic (exact) mass is 462 g/mol. The number of carbonyl (C=O) groups excluding carboxylic acids is 1. The van der Waals surface area contributed by atoms with Crippen LogP contribution in [-0.4, -0.2) is 70.7 Å². The van der Waals surface area contributed by atoms with Crippen LogP contribution in [0.1, 0.15) is 29.8 Å². The molecule has 0 saturated carbocycles. The number of alkyl halides is 1. The van der Waals surface area contributed by atoms with Gasteiger partial charge in [0.15, 0.2) is 0 Å². The first kappa shape index (κ1) is 15.0. The maximum atomic E-state index is 13.2. The summed E-state index contributed by atoms with van der Waals surface area (Å²) < 4.78 is 46.9. The summed E-state index contributed by atoms with van der Waals surface area (Å²) in [6.07, 6.45) is 3.15. The molecule has 1 aromatic heterocycles. The SMILES string of the molecule is [2H]C1N([2H])N(C2CCCCO2)C(=O)C([2H])(Cl)C1([2H])N1CC[C@@H](Oc2cc(Br)ccn2)C1. The van der Waals surface area contributed by atoms with Crippen molar-refractivity contribution in [3.8, 4) is 5.88 Å². The molecule has 4 rings (SSSR count). The number of rotatable bonds is 4. The van der Waals surface area contributed by atoms with E-state index in [2.05, 4.69) is 20.9 Å². The molecule has 9 heteroatoms. The summed E-state index contributed by atoms with van der Waals surface area (Å²) in [6.45, 7) is -0.694. The summed E-state index contributed by atoms with van der Waals surface area (Å²) in [7, 11) is 0. The summed E-state index contributed by atoms with van der Waals surface area (Å²) in [4.78, 5) is 18.8. The van der Waals surface area contributed by atoms with Crippen molar-refractivity contribution in [1.29, 1.82) is 0 Å². The van der Waals surface area contributed by atoms with Crippen LogP contribution in [0.25, 0.3) is 0 Å². The number of aromatic nitrogens is 1. The van der Waals surface area contributed by atoms with Gasteiger partial charge >= 0.3 is 0 Å². The Kier molecular flexibility index (Phi) is 4.78. The van der Waals surface area contributed by atoms with Gasteiger partial charge in [0.2, 0.25) is 5.88 Å². The molecule has 3 aliphatic heterocycles. The van der Waals surface area contributed by atoms with Crippen molar-refractivity contribution < 1.29 is 19.8 Å². The minimum absolute atomic E-state index is 0.182. The Bertz CT molecular complexity index is 837. The van der Waals surface area contributed by atoms with E-state index in [1.807, 2.05) is 0 Å². The van der Waals surface area contributed by atoms with E-state index in [9.17, 15) is 4.79 Å². The first-order chi connectivity index (χ1) is 14.7. The average molecular weight is 464 g/mol. The van der Waals surface area contributed by atoms with Crippen LogP contribution >= 0.6 is 27.5 Å². The van der Waals surface area contributed by atoms with Crippen molar-refractivity contribution in [2.24, 2.45) is 0 Å². The van der Waals surface area contributed by atoms with Crippen molar-refractivity contribution in [1.82, 2.24) is 20.3 Å². The summed E-state index contributed by atoms with van der Waals surface area (Å²) in [5, 5.41) is -1.56. The standard InChI is InChI=1S/C18H24BrClN4O3/c19-12-4-6-21-15(9-12)27-13-5-7-23(11-13)14-10-22-24(18(25)17(14)20)16-3-1-2-8-26-16/h4,6,9,13-14,16-17,22H,1-3,5,7-8,10-11H2/t13-,14?,16?,17?/m1/s1/i10D,14D,17D/hD/t10?,13-,14?,16?,17?. The van der Waals surface area contributed by atoms with Crippen LogP contribution in [0.15, 0.2) is 22.8 Å². The van der Waals surface area contributed by atoms with E-state index in [0.29, 0.717) is 37.3 Å². The van der Waals surface area contributed by atoms with Crippen LogP contribution in [-0.2, 0) is 9.53 Å². The predicted molar refractivity (Wildman–Crippen MR) is 104 cm³/mol. The molecule has 0 aliphatic carbocycles. The summed E-state index contributed by atoms with van der Waals surface area (Å²) in [6, 6.07) is 1.32. The zero-order valence-electron chi connectivity index (χ0n) is 18.7. The van der Waals surface area contributed by atoms with Crippen LogP contribution < -0.4 is 10.2 Å². The minimum atomic E-state index is -2.49. The summed E-state index contributed by atoms with van der Waals surface area (Å²) in [5.74, 6) is -0.513. The van der Waals surface area contributed by atoms with Gasteiger partial charge < -0.3 is 9.47 Å². The van der Waals surface area contributed by atoms with Crippen LogP contribution in [0.2, 0.25) is 1.41 Å². The van der Waals surface area contributed by atoms with Crippen molar-refractivity contribution in [3.05, 3.63) is 22.8 Å². The molecule has 0 radical (unpaired) electrons. The molecule has 5 atom stereocenters. The molecular formula is C18H24BrClN4O3. The van der Waals surface area contributed by atoms with E-state index in [4.69, 9.17) is 26.6 Å². The Morgan fingerprint density at radius 3 is 3.19 bits per heavy atom. The fraction of sp³-hybridized carbons (Fsp3) is 0.667. The zero-order chi connectivity index (χ0) is 22.4. The van der Waals surface area contributed by atoms with E-state index in [-0.39, 0.29) is 12.6 Å². The van der Waals surface area contributed by atoms with Gasteiger partial charge in [0.25, 0.3) is 5.91 Å². The Morgan fingerprint density at radius 2 is 2.41 bits per heavy atom. The second-order valence-corrected chi connectivity index (χ2v) is 8.00. The van der Waals surface area contributed by atoms with E-state index >= 15 is 0 Å². The number of hydrogen-bond donors (Lipinski definition) is 1. The van der Waals surface area contributed by atoms with Crippen molar-refractivity contribution in [3.63, 3.8) is 0 Å². The quantitative estimate of drug-likeness (QED) is 0.690. The molecule has 148 valence electrons. The van der Waals surface area contributed by atoms with Crippen LogP contribution in [0, 0.1) is 0 Å². The predicted octanol–water partition coefficient (Wildman–Crippen LogP) is 2.15. The molecule has 4 heterocycles. The number of hydrogen-bond acceptors (Lipinski definition) is 6. The molecule has 3 saturated heterocycles. The Labute approximate surface area is 178 Å². The van der Waals surface area contributed by atoms with Crippen molar-refractivity contribution >= 4 is 33.4 Å². The highest BCUT2D eigenvalue weighted by atomic mass is 79.9. The lowest BCUT2D eigenvalue weighted by Gasteiger charge is -2.43. The van der Waals surface area contributed by atoms with Crippen LogP contribution in [0.4, 0.5) is 0 Å². The Balaban J connectivity index is 1.54. The van der Waals surface area contributed by atoms with Gasteiger partial charge in [-0.15, -0.1) is 11.6 Å². The molecule has 0 aromatic carbocycles. The number of halogens is 2. The smallest absolute Gasteiger partial charge is 0.258 e. The molecule has 0 spiro atoms. The molecule has 7 nitrogen and oxygen atoms in total. The number of pyridine rings is 1. The molecule has 1 N–H and O–H groups in total. The second-order valence-electron chi connectivity index (χ2n) is 6.70. The summed E-state index contributed by atoms with van der Waals surface area (Å²) in [5.41, 5.74) is 0.643. The number of carbonyl (C=O) groups is 1. The zero-order valence-corrected chi connectivity index (χ0v) is 17.0. The molecule has 3 fully saturated rings. The minimum Gasteiger partial charge on any atom is -0.473 e. The van der Waals surface area contributed by atoms with Gasteiger partial charge in [-0.1, -0.05) is 15.9 Å². The van der Waals surface area contributed by atoms with Gasteiger partial charge in [0.1, 0.15) is 19.1 Å². The van der Waals surface area contributed by atoms with E-state index in [0.717, 1.165) is 22.3 Å². The molecule has 1 aromatic rings. The van der Waals surface area contributed by atoms with Gasteiger partial charge in [0.05, 0.1) is 2.74 Å². The van der Waals surface area contributed by atoms with E-state index in [1.165, 1.54) is 4.90 Å². The first-order valence-corrected chi connectivity index (χ1v) is 10.2. The number of amides is 1. The average Bonchev–Trinajstić information content (AvgIpc) is 3.21. The third-order valence-electron chi connectivity index (χ3n) is 4.82. The highest BCUT2D eigenvalue weighted by molar-refractivity contribution is 9.10. The Morgan fingerprint density at radius 1 is 1.52 bits per heavy atom. The molecular weight excluding hydrogens is 436 g/mol. The maximum absolute atomic E-state index is 13.2. The number of likely N-dealkylation sites (tertiary alicyclic amines) is 1. The lowest BCUT2D eigenvalue weighted by molar-refractivity contribution is -0.165. The first-order valence-electron chi connectivity index (χ1n) is 11.1. The van der Waals surface area contributed by atoms with Gasteiger partial charge in [-0.2, -0.15) is 0 Å². The summed E-state index contributed by atoms with van der Waals surface area (Å²) >= 11 is 9.78. The number of nitrogens with one attached hydrogen (secondary N) is 1. The number of ether oxygens (including phenoxy) is 2. The van der Waals surface area contributed by atoms with Gasteiger partial charge in [-0.05, 0) is 31.7 Å². The molecule has 4 unspecified atom stereocenters. The Hall–Kier alpha value is -0.930. The van der Waals surface area contributed by atoms with Crippen molar-refractivity contribution in [2.75, 3.05) is 26.2 Å². The third kappa shape index (κ3) is 4.40. The molecule has 3 aliphatic rings. The van der Waals surface area contributed by atoms with Gasteiger partial charge in [-0.25, -0.2) is 15.4 Å². The second kappa shape index (κ2) is 8.61. The fourth-order valence-electron chi connectivity index (χ4n) is 3.44. The number of nitrogens with zero attached hydrogens (tertiary/aromatic N) is 3. The highest BCUT2D eigenvalue weighted by Gasteiger charge is 2.43. The topological polar surface area (TPSA) is 66.9 Å². The van der Waals surface area contributed by atoms with E-state index in [1.54, 1.807) is 18.3 Å². The lowest BCUT2D eigenvalue weighted by Crippen LogP contribution is -2.66. The van der Waals surface area contributed by atoms with Gasteiger partial charge in [0, 0.05) is 50.3 Å². The highest BCUT2D eigenvalue weighted by Crippen LogP contribution is 2.26. The molecule has 27 heavy (non-hydrogen) atoms. The third-order valence-corrected chi connectivity index (χ3v) is 5.67. The normalized spacial score (nSPS) is 43.7. The molecule has 0 bridgehead atoms. The molecule has 1 amide bonds. The van der Waals surface area contributed by atoms with Crippen molar-refractivity contribution in [2.45, 2.75) is 49.4 Å². The largest absolute Gasteiger partial charge is 0.473 e. The van der Waals surface area contributed by atoms with E-state index < -0.39 is 30.0 Å².